The standard InChI is InChI=1S/C12H20N2O3/c1-2-7-14(8-10(15)16)11(17)12(9-13)5-3-4-6-12/h2H,1,3-9,13H2,(H,15,16). The highest BCUT2D eigenvalue weighted by Gasteiger charge is 2.42. The van der Waals surface area contributed by atoms with E-state index in [0.29, 0.717) is 6.54 Å². The lowest BCUT2D eigenvalue weighted by atomic mass is 9.84. The monoisotopic (exact) mass is 240 g/mol. The predicted molar refractivity (Wildman–Crippen MR) is 64.4 cm³/mol. The van der Waals surface area contributed by atoms with Crippen molar-refractivity contribution in [2.24, 2.45) is 11.1 Å². The molecule has 5 heteroatoms. The summed E-state index contributed by atoms with van der Waals surface area (Å²) >= 11 is 0. The molecule has 0 saturated heterocycles. The van der Waals surface area contributed by atoms with E-state index >= 15 is 0 Å². The van der Waals surface area contributed by atoms with Gasteiger partial charge in [-0.1, -0.05) is 18.9 Å². The number of carboxylic acids is 1. The molecule has 1 amide bonds. The molecule has 0 unspecified atom stereocenters. The summed E-state index contributed by atoms with van der Waals surface area (Å²) in [5.41, 5.74) is 5.17. The summed E-state index contributed by atoms with van der Waals surface area (Å²) in [4.78, 5) is 24.4. The number of carbonyl (C=O) groups excluding carboxylic acids is 1. The summed E-state index contributed by atoms with van der Waals surface area (Å²) in [6.07, 6.45) is 5.03. The largest absolute Gasteiger partial charge is 0.480 e. The SMILES string of the molecule is C=CCN(CC(=O)O)C(=O)C1(CN)CCCC1. The Morgan fingerprint density at radius 3 is 2.41 bits per heavy atom. The molecule has 1 fully saturated rings. The maximum atomic E-state index is 12.4. The molecule has 0 aromatic rings. The van der Waals surface area contributed by atoms with Gasteiger partial charge in [-0.2, -0.15) is 0 Å². The van der Waals surface area contributed by atoms with Gasteiger partial charge in [0, 0.05) is 13.1 Å². The van der Waals surface area contributed by atoms with Crippen LogP contribution in [0.15, 0.2) is 12.7 Å². The van der Waals surface area contributed by atoms with Crippen molar-refractivity contribution in [3.8, 4) is 0 Å². The van der Waals surface area contributed by atoms with Crippen LogP contribution in [0.3, 0.4) is 0 Å². The Kier molecular flexibility index (Phi) is 4.69. The highest BCUT2D eigenvalue weighted by molar-refractivity contribution is 5.86. The summed E-state index contributed by atoms with van der Waals surface area (Å²) in [7, 11) is 0. The Morgan fingerprint density at radius 2 is 2.00 bits per heavy atom. The van der Waals surface area contributed by atoms with Crippen LogP contribution in [-0.2, 0) is 9.59 Å². The van der Waals surface area contributed by atoms with Crippen molar-refractivity contribution in [1.29, 1.82) is 0 Å². The zero-order valence-corrected chi connectivity index (χ0v) is 10.0. The van der Waals surface area contributed by atoms with Gasteiger partial charge in [-0.25, -0.2) is 0 Å². The molecule has 17 heavy (non-hydrogen) atoms. The summed E-state index contributed by atoms with van der Waals surface area (Å²) in [6.45, 7) is 3.81. The van der Waals surface area contributed by atoms with E-state index in [0.717, 1.165) is 25.7 Å². The summed E-state index contributed by atoms with van der Waals surface area (Å²) in [5, 5.41) is 8.80. The van der Waals surface area contributed by atoms with E-state index in [1.165, 1.54) is 4.90 Å². The second-order valence-corrected chi connectivity index (χ2v) is 4.56. The van der Waals surface area contributed by atoms with Crippen molar-refractivity contribution in [3.05, 3.63) is 12.7 Å². The van der Waals surface area contributed by atoms with Crippen LogP contribution >= 0.6 is 0 Å². The second-order valence-electron chi connectivity index (χ2n) is 4.56. The Labute approximate surface area is 101 Å². The normalized spacial score (nSPS) is 17.7. The molecular formula is C12H20N2O3. The molecule has 1 aliphatic rings. The number of hydrogen-bond acceptors (Lipinski definition) is 3. The van der Waals surface area contributed by atoms with Crippen LogP contribution < -0.4 is 5.73 Å². The van der Waals surface area contributed by atoms with Crippen LogP contribution in [0.5, 0.6) is 0 Å². The molecule has 0 atom stereocenters. The van der Waals surface area contributed by atoms with Gasteiger partial charge in [-0.15, -0.1) is 6.58 Å². The van der Waals surface area contributed by atoms with Crippen LogP contribution in [-0.4, -0.2) is 41.5 Å². The average molecular weight is 240 g/mol. The van der Waals surface area contributed by atoms with E-state index in [1.807, 2.05) is 0 Å². The average Bonchev–Trinajstić information content (AvgIpc) is 2.76. The molecule has 0 aliphatic heterocycles. The van der Waals surface area contributed by atoms with Gasteiger partial charge in [-0.05, 0) is 12.8 Å². The predicted octanol–water partition coefficient (Wildman–Crippen LogP) is 0.605. The highest BCUT2D eigenvalue weighted by Crippen LogP contribution is 2.38. The van der Waals surface area contributed by atoms with Gasteiger partial charge in [-0.3, -0.25) is 9.59 Å². The molecule has 0 radical (unpaired) electrons. The van der Waals surface area contributed by atoms with Crippen molar-refractivity contribution in [2.45, 2.75) is 25.7 Å². The Hall–Kier alpha value is -1.36. The first kappa shape index (κ1) is 13.7. The first-order chi connectivity index (χ1) is 8.05. The van der Waals surface area contributed by atoms with Crippen molar-refractivity contribution in [3.63, 3.8) is 0 Å². The Bertz CT molecular complexity index is 309. The van der Waals surface area contributed by atoms with E-state index in [1.54, 1.807) is 6.08 Å². The first-order valence-corrected chi connectivity index (χ1v) is 5.88. The lowest BCUT2D eigenvalue weighted by Crippen LogP contribution is -2.48. The van der Waals surface area contributed by atoms with Gasteiger partial charge >= 0.3 is 5.97 Å². The first-order valence-electron chi connectivity index (χ1n) is 5.88. The molecule has 1 rings (SSSR count). The van der Waals surface area contributed by atoms with Crippen molar-refractivity contribution < 1.29 is 14.7 Å². The number of nitrogens with two attached hydrogens (primary N) is 1. The number of rotatable bonds is 6. The highest BCUT2D eigenvalue weighted by atomic mass is 16.4. The molecule has 0 heterocycles. The number of amides is 1. The number of aliphatic carboxylic acids is 1. The number of hydrogen-bond donors (Lipinski definition) is 2. The lowest BCUT2D eigenvalue weighted by Gasteiger charge is -2.32. The van der Waals surface area contributed by atoms with Gasteiger partial charge in [0.2, 0.25) is 5.91 Å². The minimum Gasteiger partial charge on any atom is -0.480 e. The quantitative estimate of drug-likeness (QED) is 0.666. The summed E-state index contributed by atoms with van der Waals surface area (Å²) in [6, 6.07) is 0. The fraction of sp³-hybridized carbons (Fsp3) is 0.667. The molecular weight excluding hydrogens is 220 g/mol. The molecule has 0 spiro atoms. The van der Waals surface area contributed by atoms with E-state index in [9.17, 15) is 9.59 Å². The van der Waals surface area contributed by atoms with E-state index < -0.39 is 11.4 Å². The maximum Gasteiger partial charge on any atom is 0.323 e. The second kappa shape index (κ2) is 5.82. The van der Waals surface area contributed by atoms with E-state index in [-0.39, 0.29) is 19.0 Å². The van der Waals surface area contributed by atoms with Crippen LogP contribution in [0.2, 0.25) is 0 Å². The lowest BCUT2D eigenvalue weighted by molar-refractivity contribution is -0.149. The zero-order valence-electron chi connectivity index (χ0n) is 10.0. The van der Waals surface area contributed by atoms with Gasteiger partial charge in [0.05, 0.1) is 5.41 Å². The third-order valence-electron chi connectivity index (χ3n) is 3.37. The van der Waals surface area contributed by atoms with Crippen molar-refractivity contribution in [1.82, 2.24) is 4.90 Å². The van der Waals surface area contributed by atoms with Crippen LogP contribution in [0.1, 0.15) is 25.7 Å². The van der Waals surface area contributed by atoms with Gasteiger partial charge in [0.15, 0.2) is 0 Å². The smallest absolute Gasteiger partial charge is 0.323 e. The molecule has 0 aromatic carbocycles. The minimum absolute atomic E-state index is 0.139. The molecule has 1 aliphatic carbocycles. The molecule has 1 saturated carbocycles. The zero-order chi connectivity index (χ0) is 12.9. The third kappa shape index (κ3) is 3.06. The number of carbonyl (C=O) groups is 2. The van der Waals surface area contributed by atoms with Crippen LogP contribution in [0.4, 0.5) is 0 Å². The van der Waals surface area contributed by atoms with Crippen molar-refractivity contribution >= 4 is 11.9 Å². The topological polar surface area (TPSA) is 83.6 Å². The minimum atomic E-state index is -1.01. The summed E-state index contributed by atoms with van der Waals surface area (Å²) in [5.74, 6) is -1.15. The Morgan fingerprint density at radius 1 is 1.41 bits per heavy atom. The number of nitrogens with zero attached hydrogens (tertiary/aromatic N) is 1. The third-order valence-corrected chi connectivity index (χ3v) is 3.37. The fourth-order valence-electron chi connectivity index (χ4n) is 2.43. The molecule has 5 nitrogen and oxygen atoms in total. The van der Waals surface area contributed by atoms with E-state index in [2.05, 4.69) is 6.58 Å². The molecule has 3 N–H and O–H groups in total. The Balaban J connectivity index is 2.81. The van der Waals surface area contributed by atoms with Gasteiger partial charge < -0.3 is 15.7 Å². The molecule has 96 valence electrons. The van der Waals surface area contributed by atoms with E-state index in [4.69, 9.17) is 10.8 Å². The maximum absolute atomic E-state index is 12.4. The van der Waals surface area contributed by atoms with Crippen LogP contribution in [0, 0.1) is 5.41 Å². The fourth-order valence-corrected chi connectivity index (χ4v) is 2.43. The van der Waals surface area contributed by atoms with Crippen molar-refractivity contribution in [2.75, 3.05) is 19.6 Å². The molecule has 0 aromatic heterocycles. The van der Waals surface area contributed by atoms with Gasteiger partial charge in [0.25, 0.3) is 0 Å². The molecule has 0 bridgehead atoms. The van der Waals surface area contributed by atoms with Crippen LogP contribution in [0.25, 0.3) is 0 Å². The summed E-state index contributed by atoms with van der Waals surface area (Å²) < 4.78 is 0. The number of carboxylic acid groups (broad SMARTS) is 1. The van der Waals surface area contributed by atoms with Gasteiger partial charge in [0.1, 0.15) is 6.54 Å².